The number of aliphatic imine (C=N–C) groups is 1. The SMILES string of the molecule is C=CC1=C(C)C(C=c2[nH]c(=Cc3[nH]c(/C=C4\NC(=O)C(C=C)=C4C)c(C)c3CCC(=O)O)c(CCC(=O)O)c2C)=NC1=O. The predicted molar refractivity (Wildman–Crippen MR) is 165 cm³/mol. The molecule has 0 spiro atoms. The van der Waals surface area contributed by atoms with Gasteiger partial charge >= 0.3 is 11.9 Å². The van der Waals surface area contributed by atoms with E-state index < -0.39 is 11.9 Å². The Balaban J connectivity index is 1.91. The lowest BCUT2D eigenvalue weighted by molar-refractivity contribution is -0.138. The van der Waals surface area contributed by atoms with Gasteiger partial charge in [-0.05, 0) is 92.2 Å². The molecule has 5 N–H and O–H groups in total. The van der Waals surface area contributed by atoms with Crippen molar-refractivity contribution in [3.63, 3.8) is 0 Å². The number of aromatic amines is 2. The Morgan fingerprint density at radius 2 is 1.40 bits per heavy atom. The van der Waals surface area contributed by atoms with Crippen LogP contribution in [0.4, 0.5) is 0 Å². The smallest absolute Gasteiger partial charge is 0.303 e. The number of hydrogen-bond acceptors (Lipinski definition) is 4. The van der Waals surface area contributed by atoms with Crippen molar-refractivity contribution >= 4 is 47.7 Å². The van der Waals surface area contributed by atoms with E-state index in [-0.39, 0.29) is 37.5 Å². The van der Waals surface area contributed by atoms with Gasteiger partial charge in [-0.3, -0.25) is 19.2 Å². The minimum Gasteiger partial charge on any atom is -0.481 e. The zero-order valence-corrected chi connectivity index (χ0v) is 24.6. The zero-order valence-electron chi connectivity index (χ0n) is 24.6. The quantitative estimate of drug-likeness (QED) is 0.273. The van der Waals surface area contributed by atoms with Gasteiger partial charge in [0, 0.05) is 51.8 Å². The summed E-state index contributed by atoms with van der Waals surface area (Å²) in [5.41, 5.74) is 8.03. The summed E-state index contributed by atoms with van der Waals surface area (Å²) in [6, 6.07) is 0. The van der Waals surface area contributed by atoms with Crippen LogP contribution in [-0.4, -0.2) is 49.6 Å². The molecule has 0 aromatic carbocycles. The molecule has 2 aliphatic rings. The number of nitrogens with zero attached hydrogens (tertiary/aromatic N) is 1. The summed E-state index contributed by atoms with van der Waals surface area (Å²) in [6.07, 6.45) is 8.72. The maximum Gasteiger partial charge on any atom is 0.303 e. The highest BCUT2D eigenvalue weighted by atomic mass is 16.4. The van der Waals surface area contributed by atoms with Crippen molar-refractivity contribution in [3.8, 4) is 0 Å². The first-order valence-electron chi connectivity index (χ1n) is 13.8. The van der Waals surface area contributed by atoms with E-state index in [0.29, 0.717) is 50.2 Å². The molecule has 0 radical (unpaired) electrons. The molecule has 0 atom stereocenters. The van der Waals surface area contributed by atoms with E-state index in [9.17, 15) is 29.4 Å². The molecule has 2 aliphatic heterocycles. The number of rotatable bonds is 11. The summed E-state index contributed by atoms with van der Waals surface area (Å²) in [4.78, 5) is 58.5. The van der Waals surface area contributed by atoms with Crippen LogP contribution in [-0.2, 0) is 32.0 Å². The van der Waals surface area contributed by atoms with Gasteiger partial charge in [-0.1, -0.05) is 25.3 Å². The molecule has 2 amide bonds. The van der Waals surface area contributed by atoms with Gasteiger partial charge in [-0.2, -0.15) is 0 Å². The molecule has 10 nitrogen and oxygen atoms in total. The van der Waals surface area contributed by atoms with Gasteiger partial charge < -0.3 is 25.5 Å². The molecule has 0 bridgehead atoms. The second-order valence-electron chi connectivity index (χ2n) is 10.5. The maximum absolute atomic E-state index is 12.3. The fraction of sp³-hybridized carbons (Fsp3) is 0.242. The van der Waals surface area contributed by atoms with Crippen molar-refractivity contribution in [2.45, 2.75) is 53.4 Å². The Labute approximate surface area is 248 Å². The van der Waals surface area contributed by atoms with Crippen LogP contribution in [0.25, 0.3) is 18.2 Å². The number of carbonyl (C=O) groups is 4. The summed E-state index contributed by atoms with van der Waals surface area (Å²) in [7, 11) is 0. The summed E-state index contributed by atoms with van der Waals surface area (Å²) >= 11 is 0. The van der Waals surface area contributed by atoms with E-state index in [4.69, 9.17) is 0 Å². The van der Waals surface area contributed by atoms with E-state index in [0.717, 1.165) is 27.8 Å². The lowest BCUT2D eigenvalue weighted by Crippen LogP contribution is -2.15. The normalized spacial score (nSPS) is 16.9. The average Bonchev–Trinajstić information content (AvgIpc) is 3.58. The third-order valence-corrected chi connectivity index (χ3v) is 7.89. The fourth-order valence-electron chi connectivity index (χ4n) is 5.35. The van der Waals surface area contributed by atoms with Crippen LogP contribution in [0.5, 0.6) is 0 Å². The first-order valence-corrected chi connectivity index (χ1v) is 13.8. The Morgan fingerprint density at radius 3 is 1.95 bits per heavy atom. The number of H-pyrrole nitrogens is 2. The van der Waals surface area contributed by atoms with Gasteiger partial charge in [0.2, 0.25) is 0 Å². The summed E-state index contributed by atoms with van der Waals surface area (Å²) in [5.74, 6) is -2.48. The summed E-state index contributed by atoms with van der Waals surface area (Å²) < 4.78 is 0. The lowest BCUT2D eigenvalue weighted by atomic mass is 10.0. The molecule has 0 unspecified atom stereocenters. The van der Waals surface area contributed by atoms with Crippen LogP contribution in [0.15, 0.2) is 58.3 Å². The maximum atomic E-state index is 12.3. The Hall–Kier alpha value is -5.25. The third-order valence-electron chi connectivity index (χ3n) is 7.89. The number of carbonyl (C=O) groups excluding carboxylic acids is 2. The van der Waals surface area contributed by atoms with Crippen molar-refractivity contribution in [2.24, 2.45) is 4.99 Å². The van der Waals surface area contributed by atoms with Crippen molar-refractivity contribution in [2.75, 3.05) is 0 Å². The molecule has 43 heavy (non-hydrogen) atoms. The average molecular weight is 583 g/mol. The zero-order chi connectivity index (χ0) is 31.6. The van der Waals surface area contributed by atoms with Gasteiger partial charge in [0.05, 0.1) is 5.71 Å². The molecule has 0 fully saturated rings. The number of carboxylic acid groups (broad SMARTS) is 2. The summed E-state index contributed by atoms with van der Waals surface area (Å²) in [6.45, 7) is 14.8. The highest BCUT2D eigenvalue weighted by Gasteiger charge is 2.23. The van der Waals surface area contributed by atoms with E-state index in [1.165, 1.54) is 12.2 Å². The van der Waals surface area contributed by atoms with Crippen molar-refractivity contribution < 1.29 is 29.4 Å². The minimum atomic E-state index is -0.940. The molecular formula is C33H34N4O6. The fourth-order valence-corrected chi connectivity index (χ4v) is 5.35. The lowest BCUT2D eigenvalue weighted by Gasteiger charge is -2.02. The summed E-state index contributed by atoms with van der Waals surface area (Å²) in [5, 5.41) is 23.0. The Kier molecular flexibility index (Phi) is 8.80. The predicted octanol–water partition coefficient (Wildman–Crippen LogP) is 3.06. The second kappa shape index (κ2) is 12.3. The Bertz CT molecular complexity index is 1860. The van der Waals surface area contributed by atoms with Crippen molar-refractivity contribution in [1.29, 1.82) is 0 Å². The first kappa shape index (κ1) is 30.7. The number of amides is 2. The highest BCUT2D eigenvalue weighted by molar-refractivity contribution is 6.31. The topological polar surface area (TPSA) is 165 Å². The van der Waals surface area contributed by atoms with E-state index in [1.54, 1.807) is 13.0 Å². The molecule has 0 aliphatic carbocycles. The molecule has 2 aromatic rings. The number of aliphatic carboxylic acids is 2. The van der Waals surface area contributed by atoms with Gasteiger partial charge in [-0.25, -0.2) is 4.99 Å². The van der Waals surface area contributed by atoms with Crippen LogP contribution >= 0.6 is 0 Å². The minimum absolute atomic E-state index is 0.0917. The van der Waals surface area contributed by atoms with Gasteiger partial charge in [0.25, 0.3) is 11.8 Å². The highest BCUT2D eigenvalue weighted by Crippen LogP contribution is 2.27. The van der Waals surface area contributed by atoms with E-state index >= 15 is 0 Å². The van der Waals surface area contributed by atoms with Crippen molar-refractivity contribution in [3.05, 3.63) is 97.6 Å². The standard InChI is InChI=1S/C33H34N4O6/c1-7-20-16(3)26(36-32(20)42)13-24-18(5)22(9-11-30(38)39)28(34-24)15-29-23(10-12-31(40)41)19(6)25(35-29)14-27-17(4)21(8-2)33(43)37-27/h7-8,13-15,34-35H,1-2,9-12H2,3-6H3,(H,36,42)(H,38,39)(H,40,41)/b25-14?,26-13-,29-15?. The third kappa shape index (κ3) is 6.18. The van der Waals surface area contributed by atoms with Crippen LogP contribution in [0.3, 0.4) is 0 Å². The largest absolute Gasteiger partial charge is 0.481 e. The second-order valence-corrected chi connectivity index (χ2v) is 10.5. The molecule has 10 heteroatoms. The molecule has 4 heterocycles. The molecule has 2 aromatic heterocycles. The van der Waals surface area contributed by atoms with Gasteiger partial charge in [0.1, 0.15) is 0 Å². The van der Waals surface area contributed by atoms with E-state index in [2.05, 4.69) is 33.4 Å². The number of nitrogens with one attached hydrogen (secondary N) is 3. The molecule has 0 saturated heterocycles. The monoisotopic (exact) mass is 582 g/mol. The van der Waals surface area contributed by atoms with Gasteiger partial charge in [0.15, 0.2) is 0 Å². The molecular weight excluding hydrogens is 548 g/mol. The molecule has 4 rings (SSSR count). The first-order chi connectivity index (χ1) is 20.4. The van der Waals surface area contributed by atoms with Crippen LogP contribution < -0.4 is 16.0 Å². The molecule has 0 saturated carbocycles. The van der Waals surface area contributed by atoms with Crippen LogP contribution in [0.1, 0.15) is 60.3 Å². The molecule has 222 valence electrons. The van der Waals surface area contributed by atoms with Gasteiger partial charge in [-0.15, -0.1) is 0 Å². The number of hydrogen-bond donors (Lipinski definition) is 5. The Morgan fingerprint density at radius 1 is 0.767 bits per heavy atom. The van der Waals surface area contributed by atoms with Crippen LogP contribution in [0.2, 0.25) is 0 Å². The van der Waals surface area contributed by atoms with Crippen molar-refractivity contribution in [1.82, 2.24) is 15.3 Å². The number of aromatic nitrogens is 2. The number of allylic oxidation sites excluding steroid dienone is 2. The van der Waals surface area contributed by atoms with Crippen LogP contribution in [0, 0.1) is 13.8 Å². The van der Waals surface area contributed by atoms with E-state index in [1.807, 2.05) is 32.9 Å². The number of carboxylic acids is 2.